The van der Waals surface area contributed by atoms with Crippen molar-refractivity contribution in [2.45, 2.75) is 20.8 Å². The maximum absolute atomic E-state index is 12.3. The number of hydrogen-bond donors (Lipinski definition) is 0. The Morgan fingerprint density at radius 2 is 1.43 bits per heavy atom. The van der Waals surface area contributed by atoms with Gasteiger partial charge in [0.05, 0.1) is 5.56 Å². The summed E-state index contributed by atoms with van der Waals surface area (Å²) in [5, 5.41) is 0.668. The Morgan fingerprint density at radius 1 is 0.870 bits per heavy atom. The van der Waals surface area contributed by atoms with Crippen LogP contribution in [-0.2, 0) is 4.74 Å². The van der Waals surface area contributed by atoms with E-state index in [0.29, 0.717) is 15.6 Å². The second-order valence-electron chi connectivity index (χ2n) is 5.41. The maximum atomic E-state index is 12.3. The molecule has 2 rings (SSSR count). The Balaban J connectivity index is 2.10. The quantitative estimate of drug-likeness (QED) is 0.578. The molecule has 0 heterocycles. The van der Waals surface area contributed by atoms with Crippen molar-refractivity contribution in [1.29, 1.82) is 0 Å². The zero-order chi connectivity index (χ0) is 17.1. The Bertz CT molecular complexity index is 762. The Labute approximate surface area is 145 Å². The second-order valence-corrected chi connectivity index (χ2v) is 6.28. The van der Waals surface area contributed by atoms with Gasteiger partial charge in [0, 0.05) is 15.6 Å². The van der Waals surface area contributed by atoms with E-state index >= 15 is 0 Å². The van der Waals surface area contributed by atoms with Gasteiger partial charge in [-0.05, 0) is 61.7 Å². The van der Waals surface area contributed by atoms with Gasteiger partial charge in [-0.2, -0.15) is 0 Å². The van der Waals surface area contributed by atoms with Crippen LogP contribution in [0, 0.1) is 20.8 Å². The fourth-order valence-corrected chi connectivity index (χ4v) is 2.75. The van der Waals surface area contributed by atoms with E-state index in [2.05, 4.69) is 0 Å². The molecule has 0 aliphatic heterocycles. The molecule has 0 saturated carbocycles. The summed E-state index contributed by atoms with van der Waals surface area (Å²) in [4.78, 5) is 24.3. The third-order valence-electron chi connectivity index (χ3n) is 3.57. The van der Waals surface area contributed by atoms with Gasteiger partial charge in [-0.1, -0.05) is 29.3 Å². The summed E-state index contributed by atoms with van der Waals surface area (Å²) in [6.07, 6.45) is 0. The van der Waals surface area contributed by atoms with Crippen LogP contribution in [0.25, 0.3) is 0 Å². The second kappa shape index (κ2) is 7.16. The largest absolute Gasteiger partial charge is 0.454 e. The van der Waals surface area contributed by atoms with Gasteiger partial charge in [-0.25, -0.2) is 4.79 Å². The van der Waals surface area contributed by atoms with Crippen molar-refractivity contribution in [1.82, 2.24) is 0 Å². The number of carbonyl (C=O) groups excluding carboxylic acids is 2. The molecule has 2 aromatic rings. The first kappa shape index (κ1) is 17.5. The van der Waals surface area contributed by atoms with Crippen LogP contribution >= 0.6 is 23.2 Å². The molecule has 0 amide bonds. The number of esters is 1. The first-order valence-electron chi connectivity index (χ1n) is 7.02. The van der Waals surface area contributed by atoms with Gasteiger partial charge >= 0.3 is 5.97 Å². The van der Waals surface area contributed by atoms with Gasteiger partial charge in [0.1, 0.15) is 0 Å². The molecule has 0 atom stereocenters. The Morgan fingerprint density at radius 3 is 2.04 bits per heavy atom. The lowest BCUT2D eigenvalue weighted by molar-refractivity contribution is 0.0474. The van der Waals surface area contributed by atoms with E-state index in [9.17, 15) is 9.59 Å². The van der Waals surface area contributed by atoms with E-state index in [4.69, 9.17) is 27.9 Å². The molecule has 0 fully saturated rings. The molecule has 0 bridgehead atoms. The molecule has 0 aromatic heterocycles. The van der Waals surface area contributed by atoms with Crippen molar-refractivity contribution in [2.75, 3.05) is 6.61 Å². The molecular formula is C18H16Cl2O3. The van der Waals surface area contributed by atoms with Gasteiger partial charge in [-0.15, -0.1) is 0 Å². The zero-order valence-electron chi connectivity index (χ0n) is 13.1. The summed E-state index contributed by atoms with van der Waals surface area (Å²) < 4.78 is 5.07. The van der Waals surface area contributed by atoms with Gasteiger partial charge in [0.2, 0.25) is 5.78 Å². The fraction of sp³-hybridized carbons (Fsp3) is 0.222. The first-order chi connectivity index (χ1) is 10.8. The number of hydrogen-bond acceptors (Lipinski definition) is 3. The zero-order valence-corrected chi connectivity index (χ0v) is 14.6. The van der Waals surface area contributed by atoms with Crippen LogP contribution in [0.15, 0.2) is 30.3 Å². The van der Waals surface area contributed by atoms with Crippen molar-refractivity contribution in [3.8, 4) is 0 Å². The van der Waals surface area contributed by atoms with Gasteiger partial charge in [0.15, 0.2) is 6.61 Å². The van der Waals surface area contributed by atoms with E-state index in [1.54, 1.807) is 0 Å². The van der Waals surface area contributed by atoms with Crippen molar-refractivity contribution in [3.05, 3.63) is 68.2 Å². The van der Waals surface area contributed by atoms with E-state index in [1.807, 2.05) is 32.9 Å². The molecule has 0 spiro atoms. The number of ketones is 1. The van der Waals surface area contributed by atoms with E-state index in [0.717, 1.165) is 16.7 Å². The van der Waals surface area contributed by atoms with Crippen molar-refractivity contribution in [3.63, 3.8) is 0 Å². The molecule has 0 saturated heterocycles. The lowest BCUT2D eigenvalue weighted by atomic mass is 9.98. The molecular weight excluding hydrogens is 335 g/mol. The van der Waals surface area contributed by atoms with Crippen molar-refractivity contribution >= 4 is 35.0 Å². The van der Waals surface area contributed by atoms with Crippen LogP contribution in [0.2, 0.25) is 10.0 Å². The summed E-state index contributed by atoms with van der Waals surface area (Å²) in [5.41, 5.74) is 3.77. The van der Waals surface area contributed by atoms with Gasteiger partial charge < -0.3 is 4.74 Å². The number of ether oxygens (including phenoxy) is 1. The van der Waals surface area contributed by atoms with Crippen LogP contribution in [0.4, 0.5) is 0 Å². The van der Waals surface area contributed by atoms with E-state index in [-0.39, 0.29) is 18.0 Å². The number of benzene rings is 2. The molecule has 0 aliphatic carbocycles. The summed E-state index contributed by atoms with van der Waals surface area (Å²) in [6.45, 7) is 5.45. The number of carbonyl (C=O) groups is 2. The van der Waals surface area contributed by atoms with Crippen LogP contribution in [0.3, 0.4) is 0 Å². The third-order valence-corrected chi connectivity index (χ3v) is 4.01. The molecule has 2 aromatic carbocycles. The molecule has 0 N–H and O–H groups in total. The van der Waals surface area contributed by atoms with Gasteiger partial charge in [0.25, 0.3) is 0 Å². The highest BCUT2D eigenvalue weighted by molar-refractivity contribution is 6.35. The molecule has 120 valence electrons. The van der Waals surface area contributed by atoms with Crippen LogP contribution in [0.1, 0.15) is 37.4 Å². The number of Topliss-reactive ketones (excluding diaryl/α,β-unsaturated/α-hetero) is 1. The van der Waals surface area contributed by atoms with Crippen molar-refractivity contribution < 1.29 is 14.3 Å². The summed E-state index contributed by atoms with van der Waals surface area (Å²) >= 11 is 11.7. The minimum Gasteiger partial charge on any atom is -0.454 e. The predicted octanol–water partition coefficient (Wildman–Crippen LogP) is 4.96. The molecule has 0 unspecified atom stereocenters. The molecule has 3 nitrogen and oxygen atoms in total. The summed E-state index contributed by atoms with van der Waals surface area (Å²) in [6, 6.07) is 8.17. The highest BCUT2D eigenvalue weighted by Crippen LogP contribution is 2.20. The number of rotatable bonds is 4. The summed E-state index contributed by atoms with van der Waals surface area (Å²) in [7, 11) is 0. The third kappa shape index (κ3) is 4.34. The standard InChI is InChI=1S/C18H16Cl2O3/c1-10-4-12(3)16(5-11(10)2)17(21)9-23-18(22)13-6-14(19)8-15(20)7-13/h4-8H,9H2,1-3H3. The normalized spacial score (nSPS) is 10.5. The molecule has 0 radical (unpaired) electrons. The Hall–Kier alpha value is -1.84. The fourth-order valence-electron chi connectivity index (χ4n) is 2.22. The molecule has 23 heavy (non-hydrogen) atoms. The highest BCUT2D eigenvalue weighted by atomic mass is 35.5. The highest BCUT2D eigenvalue weighted by Gasteiger charge is 2.15. The van der Waals surface area contributed by atoms with E-state index in [1.165, 1.54) is 18.2 Å². The average molecular weight is 351 g/mol. The van der Waals surface area contributed by atoms with E-state index < -0.39 is 5.97 Å². The number of halogens is 2. The lowest BCUT2D eigenvalue weighted by Gasteiger charge is -2.10. The Kier molecular flexibility index (Phi) is 5.45. The lowest BCUT2D eigenvalue weighted by Crippen LogP contribution is -2.15. The predicted molar refractivity (Wildman–Crippen MR) is 91.7 cm³/mol. The monoisotopic (exact) mass is 350 g/mol. The van der Waals surface area contributed by atoms with Crippen LogP contribution in [-0.4, -0.2) is 18.4 Å². The topological polar surface area (TPSA) is 43.4 Å². The summed E-state index contributed by atoms with van der Waals surface area (Å²) in [5.74, 6) is -0.878. The SMILES string of the molecule is Cc1cc(C)c(C(=O)COC(=O)c2cc(Cl)cc(Cl)c2)cc1C. The average Bonchev–Trinajstić information content (AvgIpc) is 2.47. The molecule has 0 aliphatic rings. The van der Waals surface area contributed by atoms with Gasteiger partial charge in [-0.3, -0.25) is 4.79 Å². The smallest absolute Gasteiger partial charge is 0.338 e. The minimum absolute atomic E-state index is 0.215. The maximum Gasteiger partial charge on any atom is 0.338 e. The minimum atomic E-state index is -0.635. The van der Waals surface area contributed by atoms with Crippen LogP contribution < -0.4 is 0 Å². The van der Waals surface area contributed by atoms with Crippen molar-refractivity contribution in [2.24, 2.45) is 0 Å². The van der Waals surface area contributed by atoms with Crippen LogP contribution in [0.5, 0.6) is 0 Å². The molecule has 5 heteroatoms. The first-order valence-corrected chi connectivity index (χ1v) is 7.78. The number of aryl methyl sites for hydroxylation is 3.